The van der Waals surface area contributed by atoms with Crippen molar-refractivity contribution in [2.75, 3.05) is 0 Å². The molecule has 0 fully saturated rings. The minimum absolute atomic E-state index is 0.163. The molecule has 2 heterocycles. The molecular formula is C19H19FN4O2. The lowest BCUT2D eigenvalue weighted by Gasteiger charge is -2.24. The van der Waals surface area contributed by atoms with E-state index in [4.69, 9.17) is 0 Å². The van der Waals surface area contributed by atoms with Gasteiger partial charge in [0.05, 0.1) is 18.3 Å². The van der Waals surface area contributed by atoms with Gasteiger partial charge in [0.15, 0.2) is 0 Å². The van der Waals surface area contributed by atoms with E-state index < -0.39 is 0 Å². The number of carbonyl (C=O) groups is 2. The maximum atomic E-state index is 13.0. The van der Waals surface area contributed by atoms with Gasteiger partial charge in [0, 0.05) is 19.0 Å². The monoisotopic (exact) mass is 354 g/mol. The lowest BCUT2D eigenvalue weighted by atomic mass is 10.1. The van der Waals surface area contributed by atoms with Crippen LogP contribution in [-0.4, -0.2) is 27.5 Å². The Morgan fingerprint density at radius 3 is 2.69 bits per heavy atom. The minimum atomic E-state index is -0.342. The summed E-state index contributed by atoms with van der Waals surface area (Å²) in [5, 5.41) is 8.32. The lowest BCUT2D eigenvalue weighted by Crippen LogP contribution is -2.39. The highest BCUT2D eigenvalue weighted by molar-refractivity contribution is 6.39. The van der Waals surface area contributed by atoms with Crippen LogP contribution in [0.1, 0.15) is 37.1 Å². The summed E-state index contributed by atoms with van der Waals surface area (Å²) < 4.78 is 13.0. The summed E-state index contributed by atoms with van der Waals surface area (Å²) in [4.78, 5) is 28.8. The number of hydrazone groups is 1. The lowest BCUT2D eigenvalue weighted by molar-refractivity contribution is -0.132. The number of pyridine rings is 1. The number of aromatic nitrogens is 1. The quantitative estimate of drug-likeness (QED) is 0.897. The van der Waals surface area contributed by atoms with Crippen LogP contribution in [-0.2, 0) is 16.1 Å². The normalized spacial score (nSPS) is 15.4. The fourth-order valence-electron chi connectivity index (χ4n) is 2.64. The Kier molecular flexibility index (Phi) is 5.36. The van der Waals surface area contributed by atoms with E-state index >= 15 is 0 Å². The molecule has 0 saturated heterocycles. The number of halogens is 1. The van der Waals surface area contributed by atoms with Gasteiger partial charge >= 0.3 is 0 Å². The molecule has 1 atom stereocenters. The number of hydrogen-bond donors (Lipinski definition) is 1. The molecule has 0 spiro atoms. The number of benzene rings is 1. The molecule has 1 aromatic carbocycles. The Hall–Kier alpha value is -3.09. The molecule has 7 heteroatoms. The van der Waals surface area contributed by atoms with E-state index in [-0.39, 0.29) is 36.6 Å². The zero-order chi connectivity index (χ0) is 18.5. The molecule has 6 nitrogen and oxygen atoms in total. The Labute approximate surface area is 150 Å². The van der Waals surface area contributed by atoms with Gasteiger partial charge in [0.25, 0.3) is 5.91 Å². The van der Waals surface area contributed by atoms with Crippen LogP contribution in [0.2, 0.25) is 0 Å². The Morgan fingerprint density at radius 2 is 2.00 bits per heavy atom. The average Bonchev–Trinajstić information content (AvgIpc) is 2.66. The van der Waals surface area contributed by atoms with Crippen molar-refractivity contribution >= 4 is 17.5 Å². The molecule has 134 valence electrons. The van der Waals surface area contributed by atoms with E-state index in [1.54, 1.807) is 18.3 Å². The van der Waals surface area contributed by atoms with Gasteiger partial charge < -0.3 is 5.32 Å². The van der Waals surface area contributed by atoms with Crippen molar-refractivity contribution in [2.45, 2.75) is 32.4 Å². The second kappa shape index (κ2) is 7.86. The van der Waals surface area contributed by atoms with Crippen molar-refractivity contribution in [2.24, 2.45) is 5.10 Å². The summed E-state index contributed by atoms with van der Waals surface area (Å²) in [6, 6.07) is 11.1. The predicted molar refractivity (Wildman–Crippen MR) is 94.4 cm³/mol. The highest BCUT2D eigenvalue weighted by Gasteiger charge is 2.25. The first-order valence-corrected chi connectivity index (χ1v) is 8.37. The summed E-state index contributed by atoms with van der Waals surface area (Å²) in [7, 11) is 0. The van der Waals surface area contributed by atoms with E-state index in [2.05, 4.69) is 15.4 Å². The summed E-state index contributed by atoms with van der Waals surface area (Å²) in [6.07, 6.45) is 2.17. The number of nitrogens with zero attached hydrogens (tertiary/aromatic N) is 3. The molecular weight excluding hydrogens is 335 g/mol. The van der Waals surface area contributed by atoms with E-state index in [1.165, 1.54) is 17.1 Å². The Balaban J connectivity index is 1.69. The molecule has 2 amide bonds. The zero-order valence-corrected chi connectivity index (χ0v) is 14.4. The molecule has 0 radical (unpaired) electrons. The van der Waals surface area contributed by atoms with Crippen molar-refractivity contribution in [3.05, 3.63) is 65.7 Å². The fourth-order valence-corrected chi connectivity index (χ4v) is 2.64. The van der Waals surface area contributed by atoms with Crippen LogP contribution >= 0.6 is 0 Å². The van der Waals surface area contributed by atoms with E-state index in [1.807, 2.05) is 25.1 Å². The molecule has 1 unspecified atom stereocenters. The molecule has 2 aromatic rings. The van der Waals surface area contributed by atoms with Gasteiger partial charge in [0.1, 0.15) is 11.5 Å². The largest absolute Gasteiger partial charge is 0.343 e. The highest BCUT2D eigenvalue weighted by Crippen LogP contribution is 2.15. The molecule has 1 aromatic heterocycles. The maximum absolute atomic E-state index is 13.0. The summed E-state index contributed by atoms with van der Waals surface area (Å²) >= 11 is 0. The van der Waals surface area contributed by atoms with Crippen molar-refractivity contribution in [3.8, 4) is 0 Å². The average molecular weight is 354 g/mol. The second-order valence-corrected chi connectivity index (χ2v) is 6.07. The second-order valence-electron chi connectivity index (χ2n) is 6.07. The topological polar surface area (TPSA) is 74.7 Å². The molecule has 1 N–H and O–H groups in total. The first kappa shape index (κ1) is 17.7. The third-order valence-corrected chi connectivity index (χ3v) is 4.09. The van der Waals surface area contributed by atoms with Crippen molar-refractivity contribution in [3.63, 3.8) is 0 Å². The number of nitrogens with one attached hydrogen (secondary N) is 1. The van der Waals surface area contributed by atoms with Crippen LogP contribution in [0, 0.1) is 5.82 Å². The summed E-state index contributed by atoms with van der Waals surface area (Å²) in [5.41, 5.74) is 1.79. The standard InChI is InChI=1S/C19H19FN4O2/c1-13(16-4-2-3-11-21-16)22-19(26)17-9-10-18(25)24(23-17)12-14-5-7-15(20)8-6-14/h2-8,11,13H,9-10,12H2,1H3,(H,22,26). The van der Waals surface area contributed by atoms with E-state index in [9.17, 15) is 14.0 Å². The van der Waals surface area contributed by atoms with Gasteiger partial charge in [0.2, 0.25) is 5.91 Å². The van der Waals surface area contributed by atoms with Gasteiger partial charge in [-0.1, -0.05) is 18.2 Å². The number of carbonyl (C=O) groups excluding carboxylic acids is 2. The molecule has 0 bridgehead atoms. The third-order valence-electron chi connectivity index (χ3n) is 4.09. The molecule has 0 aliphatic carbocycles. The first-order valence-electron chi connectivity index (χ1n) is 8.37. The molecule has 1 aliphatic heterocycles. The molecule has 26 heavy (non-hydrogen) atoms. The maximum Gasteiger partial charge on any atom is 0.268 e. The SMILES string of the molecule is CC(NC(=O)C1=NN(Cc2ccc(F)cc2)C(=O)CC1)c1ccccn1. The molecule has 1 aliphatic rings. The third kappa shape index (κ3) is 4.30. The summed E-state index contributed by atoms with van der Waals surface area (Å²) in [6.45, 7) is 2.04. The van der Waals surface area contributed by atoms with Crippen molar-refractivity contribution in [1.29, 1.82) is 0 Å². The van der Waals surface area contributed by atoms with Crippen LogP contribution in [0.5, 0.6) is 0 Å². The Morgan fingerprint density at radius 1 is 1.23 bits per heavy atom. The van der Waals surface area contributed by atoms with Gasteiger partial charge in [-0.05, 0) is 36.8 Å². The van der Waals surface area contributed by atoms with Gasteiger partial charge in [-0.3, -0.25) is 14.6 Å². The van der Waals surface area contributed by atoms with Crippen LogP contribution in [0.15, 0.2) is 53.8 Å². The van der Waals surface area contributed by atoms with Crippen molar-refractivity contribution in [1.82, 2.24) is 15.3 Å². The first-order chi connectivity index (χ1) is 12.5. The van der Waals surface area contributed by atoms with Crippen LogP contribution in [0.4, 0.5) is 4.39 Å². The van der Waals surface area contributed by atoms with Gasteiger partial charge in [-0.15, -0.1) is 0 Å². The van der Waals surface area contributed by atoms with E-state index in [0.29, 0.717) is 12.1 Å². The fraction of sp³-hybridized carbons (Fsp3) is 0.263. The van der Waals surface area contributed by atoms with E-state index in [0.717, 1.165) is 11.3 Å². The van der Waals surface area contributed by atoms with Crippen LogP contribution in [0.3, 0.4) is 0 Å². The van der Waals surface area contributed by atoms with Crippen LogP contribution in [0.25, 0.3) is 0 Å². The molecule has 3 rings (SSSR count). The van der Waals surface area contributed by atoms with Crippen molar-refractivity contribution < 1.29 is 14.0 Å². The smallest absolute Gasteiger partial charge is 0.268 e. The summed E-state index contributed by atoms with van der Waals surface area (Å²) in [5.74, 6) is -0.825. The van der Waals surface area contributed by atoms with Gasteiger partial charge in [-0.25, -0.2) is 9.40 Å². The number of rotatable bonds is 5. The molecule has 0 saturated carbocycles. The number of amides is 2. The highest BCUT2D eigenvalue weighted by atomic mass is 19.1. The number of hydrogen-bond acceptors (Lipinski definition) is 4. The predicted octanol–water partition coefficient (Wildman–Crippen LogP) is 2.58. The van der Waals surface area contributed by atoms with Gasteiger partial charge in [-0.2, -0.15) is 5.10 Å². The minimum Gasteiger partial charge on any atom is -0.343 e. The van der Waals surface area contributed by atoms with Crippen LogP contribution < -0.4 is 5.32 Å². The zero-order valence-electron chi connectivity index (χ0n) is 14.4. The Bertz CT molecular complexity index is 821.